The zero-order chi connectivity index (χ0) is 17.2. The van der Waals surface area contributed by atoms with Gasteiger partial charge < -0.3 is 14.5 Å². The first kappa shape index (κ1) is 18.9. The number of hydrogen-bond acceptors (Lipinski definition) is 1. The van der Waals surface area contributed by atoms with Crippen LogP contribution in [0.15, 0.2) is 30.3 Å². The molecule has 0 bridgehead atoms. The van der Waals surface area contributed by atoms with Crippen molar-refractivity contribution in [3.8, 4) is 0 Å². The molecule has 2 aliphatic rings. The van der Waals surface area contributed by atoms with Crippen LogP contribution in [0.3, 0.4) is 0 Å². The van der Waals surface area contributed by atoms with Gasteiger partial charge >= 0.3 is 0 Å². The maximum atomic E-state index is 6.47. The van der Waals surface area contributed by atoms with Crippen molar-refractivity contribution in [3.05, 3.63) is 35.9 Å². The molecule has 0 saturated carbocycles. The number of likely N-dealkylation sites (tertiary alicyclic amines) is 2. The van der Waals surface area contributed by atoms with E-state index in [9.17, 15) is 0 Å². The zero-order valence-electron chi connectivity index (χ0n) is 16.0. The molecule has 3 rings (SSSR count). The Morgan fingerprint density at radius 2 is 1.16 bits per heavy atom. The molecule has 1 aromatic carbocycles. The van der Waals surface area contributed by atoms with Crippen LogP contribution < -0.4 is 9.80 Å². The smallest absolute Gasteiger partial charge is 0.155 e. The van der Waals surface area contributed by atoms with Gasteiger partial charge in [0, 0.05) is 0 Å². The summed E-state index contributed by atoms with van der Waals surface area (Å²) < 4.78 is 6.47. The van der Waals surface area contributed by atoms with Gasteiger partial charge in [-0.15, -0.1) is 0 Å². The van der Waals surface area contributed by atoms with E-state index in [0.29, 0.717) is 6.10 Å². The van der Waals surface area contributed by atoms with Crippen LogP contribution in [0.1, 0.15) is 56.9 Å². The molecule has 0 spiro atoms. The molecule has 140 valence electrons. The first-order valence-corrected chi connectivity index (χ1v) is 10.7. The molecule has 2 aliphatic heterocycles. The summed E-state index contributed by atoms with van der Waals surface area (Å²) in [5.41, 5.74) is 1.31. The number of nitrogens with one attached hydrogen (secondary N) is 2. The summed E-state index contributed by atoms with van der Waals surface area (Å²) >= 11 is 0. The van der Waals surface area contributed by atoms with Crippen molar-refractivity contribution < 1.29 is 14.5 Å². The number of rotatable bonds is 7. The first-order chi connectivity index (χ1) is 12.4. The van der Waals surface area contributed by atoms with Gasteiger partial charge in [-0.25, -0.2) is 0 Å². The molecule has 2 fully saturated rings. The molecule has 1 aromatic rings. The number of hydrogen-bond donors (Lipinski definition) is 2. The molecule has 0 unspecified atom stereocenters. The highest BCUT2D eigenvalue weighted by Crippen LogP contribution is 2.04. The monoisotopic (exact) mass is 346 g/mol. The second-order valence-corrected chi connectivity index (χ2v) is 8.16. The van der Waals surface area contributed by atoms with Gasteiger partial charge in [0.15, 0.2) is 6.10 Å². The Hall–Kier alpha value is -0.900. The zero-order valence-corrected chi connectivity index (χ0v) is 16.0. The van der Waals surface area contributed by atoms with Gasteiger partial charge in [-0.2, -0.15) is 0 Å². The number of benzene rings is 1. The van der Waals surface area contributed by atoms with E-state index >= 15 is 0 Å². The highest BCUT2D eigenvalue weighted by atomic mass is 16.5. The van der Waals surface area contributed by atoms with Crippen LogP contribution >= 0.6 is 0 Å². The largest absolute Gasteiger partial charge is 0.362 e. The van der Waals surface area contributed by atoms with Gasteiger partial charge in [-0.1, -0.05) is 30.3 Å². The fourth-order valence-corrected chi connectivity index (χ4v) is 4.49. The predicted molar refractivity (Wildman–Crippen MR) is 103 cm³/mol. The molecule has 0 amide bonds. The van der Waals surface area contributed by atoms with Crippen molar-refractivity contribution in [2.24, 2.45) is 0 Å². The maximum absolute atomic E-state index is 6.47. The average Bonchev–Trinajstić information content (AvgIpc) is 3.06. The van der Waals surface area contributed by atoms with Crippen LogP contribution in [0, 0.1) is 0 Å². The van der Waals surface area contributed by atoms with Crippen molar-refractivity contribution in [2.75, 3.05) is 39.3 Å². The van der Waals surface area contributed by atoms with E-state index in [1.807, 2.05) is 0 Å². The third-order valence-electron chi connectivity index (χ3n) is 5.98. The highest BCUT2D eigenvalue weighted by Gasteiger charge is 2.24. The molecule has 0 radical (unpaired) electrons. The van der Waals surface area contributed by atoms with Crippen molar-refractivity contribution in [2.45, 2.75) is 64.1 Å². The summed E-state index contributed by atoms with van der Waals surface area (Å²) in [4.78, 5) is 3.56. The fraction of sp³-hybridized carbons (Fsp3) is 0.727. The van der Waals surface area contributed by atoms with Crippen molar-refractivity contribution in [1.29, 1.82) is 0 Å². The summed E-state index contributed by atoms with van der Waals surface area (Å²) in [7, 11) is 0. The van der Waals surface area contributed by atoms with E-state index in [2.05, 4.69) is 30.3 Å². The molecule has 0 atom stereocenters. The van der Waals surface area contributed by atoms with Crippen molar-refractivity contribution >= 4 is 0 Å². The van der Waals surface area contributed by atoms with Gasteiger partial charge in [0.2, 0.25) is 0 Å². The fourth-order valence-electron chi connectivity index (χ4n) is 4.49. The lowest BCUT2D eigenvalue weighted by Crippen LogP contribution is -3.16. The van der Waals surface area contributed by atoms with Gasteiger partial charge in [-0.3, -0.25) is 0 Å². The Labute approximate surface area is 154 Å². The van der Waals surface area contributed by atoms with Crippen molar-refractivity contribution in [1.82, 2.24) is 0 Å². The van der Waals surface area contributed by atoms with Gasteiger partial charge in [0.1, 0.15) is 13.1 Å². The van der Waals surface area contributed by atoms with Crippen LogP contribution in [0.2, 0.25) is 0 Å². The van der Waals surface area contributed by atoms with E-state index in [4.69, 9.17) is 4.74 Å². The molecule has 25 heavy (non-hydrogen) atoms. The molecule has 0 aliphatic carbocycles. The number of quaternary nitrogens is 2. The summed E-state index contributed by atoms with van der Waals surface area (Å²) in [5, 5.41) is 0. The lowest BCUT2D eigenvalue weighted by molar-refractivity contribution is -0.924. The lowest BCUT2D eigenvalue weighted by atomic mass is 10.2. The minimum Gasteiger partial charge on any atom is -0.362 e. The van der Waals surface area contributed by atoms with E-state index in [1.54, 1.807) is 9.80 Å². The van der Waals surface area contributed by atoms with E-state index in [-0.39, 0.29) is 0 Å². The molecular weight excluding hydrogens is 308 g/mol. The molecule has 2 saturated heterocycles. The van der Waals surface area contributed by atoms with Crippen LogP contribution in [-0.2, 0) is 11.3 Å². The Kier molecular flexibility index (Phi) is 8.27. The van der Waals surface area contributed by atoms with E-state index in [0.717, 1.165) is 6.61 Å². The standard InChI is InChI=1S/C22H36N2O/c1-2-9-15-23(14-8-1)18-22(19-24-16-10-3-4-11-17-24)25-20-21-12-6-5-7-13-21/h5-7,12-13,22H,1-4,8-11,14-20H2/p+2. The summed E-state index contributed by atoms with van der Waals surface area (Å²) in [6, 6.07) is 10.7. The molecule has 3 heteroatoms. The molecular formula is C22H38N2O+2. The Bertz CT molecular complexity index is 426. The quantitative estimate of drug-likeness (QED) is 0.766. The van der Waals surface area contributed by atoms with Crippen LogP contribution in [-0.4, -0.2) is 45.4 Å². The van der Waals surface area contributed by atoms with Gasteiger partial charge in [-0.05, 0) is 56.9 Å². The molecule has 2 heterocycles. The Balaban J connectivity index is 1.55. The van der Waals surface area contributed by atoms with Gasteiger partial charge in [0.05, 0.1) is 32.8 Å². The maximum Gasteiger partial charge on any atom is 0.155 e. The normalized spacial score (nSPS) is 21.2. The van der Waals surface area contributed by atoms with Crippen molar-refractivity contribution in [3.63, 3.8) is 0 Å². The van der Waals surface area contributed by atoms with Gasteiger partial charge in [0.25, 0.3) is 0 Å². The third-order valence-corrected chi connectivity index (χ3v) is 5.98. The Morgan fingerprint density at radius 3 is 1.64 bits per heavy atom. The second kappa shape index (κ2) is 10.9. The molecule has 3 nitrogen and oxygen atoms in total. The average molecular weight is 347 g/mol. The predicted octanol–water partition coefficient (Wildman–Crippen LogP) is 1.49. The lowest BCUT2D eigenvalue weighted by Gasteiger charge is -2.27. The summed E-state index contributed by atoms with van der Waals surface area (Å²) in [5.74, 6) is 0. The van der Waals surface area contributed by atoms with Crippen LogP contribution in [0.5, 0.6) is 0 Å². The van der Waals surface area contributed by atoms with Crippen LogP contribution in [0.4, 0.5) is 0 Å². The van der Waals surface area contributed by atoms with E-state index in [1.165, 1.54) is 96.2 Å². The summed E-state index contributed by atoms with van der Waals surface area (Å²) in [6.45, 7) is 8.57. The van der Waals surface area contributed by atoms with Crippen LogP contribution in [0.25, 0.3) is 0 Å². The summed E-state index contributed by atoms with van der Waals surface area (Å²) in [6.07, 6.45) is 11.7. The second-order valence-electron chi connectivity index (χ2n) is 8.16. The topological polar surface area (TPSA) is 18.1 Å². The minimum absolute atomic E-state index is 0.404. The minimum atomic E-state index is 0.404. The van der Waals surface area contributed by atoms with E-state index < -0.39 is 0 Å². The number of ether oxygens (including phenoxy) is 1. The third kappa shape index (κ3) is 7.08. The molecule has 0 aromatic heterocycles. The molecule has 2 N–H and O–H groups in total. The SMILES string of the molecule is c1ccc(COC(C[NH+]2CCCCCC2)C[NH+]2CCCCCC2)cc1. The highest BCUT2D eigenvalue weighted by molar-refractivity contribution is 5.13. The first-order valence-electron chi connectivity index (χ1n) is 10.7. The Morgan fingerprint density at radius 1 is 0.680 bits per heavy atom.